The topological polar surface area (TPSA) is 72.0 Å². The lowest BCUT2D eigenvalue weighted by Crippen LogP contribution is -2.09. The van der Waals surface area contributed by atoms with E-state index in [4.69, 9.17) is 16.3 Å². The second-order valence-electron chi connectivity index (χ2n) is 5.77. The molecular weight excluding hydrogens is 350 g/mol. The zero-order valence-corrected chi connectivity index (χ0v) is 15.4. The number of benzene rings is 2. The van der Waals surface area contributed by atoms with E-state index in [-0.39, 0.29) is 0 Å². The number of aromatic nitrogens is 3. The average Bonchev–Trinajstić information content (AvgIpc) is 2.66. The quantitative estimate of drug-likeness (QED) is 0.649. The van der Waals surface area contributed by atoms with Crippen LogP contribution in [0.15, 0.2) is 48.7 Å². The third kappa shape index (κ3) is 4.83. The van der Waals surface area contributed by atoms with E-state index >= 15 is 0 Å². The van der Waals surface area contributed by atoms with Crippen LogP contribution in [0, 0.1) is 6.92 Å². The van der Waals surface area contributed by atoms with Crippen molar-refractivity contribution in [2.75, 3.05) is 24.3 Å². The highest BCUT2D eigenvalue weighted by molar-refractivity contribution is 6.30. The van der Waals surface area contributed by atoms with E-state index in [0.29, 0.717) is 16.8 Å². The van der Waals surface area contributed by atoms with Gasteiger partial charge in [0, 0.05) is 17.3 Å². The van der Waals surface area contributed by atoms with Crippen LogP contribution in [0.25, 0.3) is 0 Å². The summed E-state index contributed by atoms with van der Waals surface area (Å²) in [6.45, 7) is 2.73. The number of anilines is 3. The summed E-state index contributed by atoms with van der Waals surface area (Å²) in [5.74, 6) is 1.94. The normalized spacial score (nSPS) is 10.4. The highest BCUT2D eigenvalue weighted by atomic mass is 35.5. The molecule has 26 heavy (non-hydrogen) atoms. The monoisotopic (exact) mass is 369 g/mol. The van der Waals surface area contributed by atoms with Crippen LogP contribution < -0.4 is 15.4 Å². The van der Waals surface area contributed by atoms with Crippen LogP contribution in [0.4, 0.5) is 17.5 Å². The molecule has 2 aromatic carbocycles. The van der Waals surface area contributed by atoms with Crippen molar-refractivity contribution < 1.29 is 4.74 Å². The summed E-state index contributed by atoms with van der Waals surface area (Å²) in [6, 6.07) is 13.6. The maximum absolute atomic E-state index is 6.04. The fourth-order valence-corrected chi connectivity index (χ4v) is 2.59. The number of methoxy groups -OCH3 is 1. The van der Waals surface area contributed by atoms with E-state index < -0.39 is 0 Å². The molecule has 7 heteroatoms. The third-order valence-electron chi connectivity index (χ3n) is 3.88. The van der Waals surface area contributed by atoms with Crippen molar-refractivity contribution in [3.8, 4) is 5.75 Å². The zero-order valence-electron chi connectivity index (χ0n) is 14.7. The zero-order chi connectivity index (χ0) is 18.4. The number of nitrogens with zero attached hydrogens (tertiary/aromatic N) is 3. The molecule has 2 N–H and O–H groups in total. The van der Waals surface area contributed by atoms with Crippen molar-refractivity contribution in [2.45, 2.75) is 13.3 Å². The fourth-order valence-electron chi connectivity index (χ4n) is 2.42. The second-order valence-corrected chi connectivity index (χ2v) is 6.21. The van der Waals surface area contributed by atoms with Crippen LogP contribution in [0.5, 0.6) is 5.75 Å². The predicted molar refractivity (Wildman–Crippen MR) is 104 cm³/mol. The molecule has 1 aromatic heterocycles. The lowest BCUT2D eigenvalue weighted by Gasteiger charge is -2.10. The van der Waals surface area contributed by atoms with Crippen LogP contribution in [0.1, 0.15) is 11.1 Å². The van der Waals surface area contributed by atoms with Gasteiger partial charge in [0.05, 0.1) is 13.3 Å². The number of ether oxygens (including phenoxy) is 1. The van der Waals surface area contributed by atoms with Crippen molar-refractivity contribution in [1.29, 1.82) is 0 Å². The molecule has 134 valence electrons. The first-order valence-electron chi connectivity index (χ1n) is 8.24. The number of rotatable bonds is 7. The first kappa shape index (κ1) is 17.9. The van der Waals surface area contributed by atoms with E-state index in [2.05, 4.69) is 25.8 Å². The van der Waals surface area contributed by atoms with Crippen molar-refractivity contribution in [2.24, 2.45) is 0 Å². The van der Waals surface area contributed by atoms with Gasteiger partial charge in [0.15, 0.2) is 5.82 Å². The van der Waals surface area contributed by atoms with Gasteiger partial charge in [0.2, 0.25) is 5.95 Å². The number of hydrogen-bond donors (Lipinski definition) is 2. The summed E-state index contributed by atoms with van der Waals surface area (Å²) < 4.78 is 5.16. The fraction of sp³-hybridized carbons (Fsp3) is 0.211. The predicted octanol–water partition coefficient (Wildman–Crippen LogP) is 4.24. The number of nitrogens with one attached hydrogen (secondary N) is 2. The molecular formula is C19H20ClN5O. The molecule has 0 unspecified atom stereocenters. The van der Waals surface area contributed by atoms with Gasteiger partial charge in [-0.15, -0.1) is 5.10 Å². The molecule has 0 aliphatic rings. The summed E-state index contributed by atoms with van der Waals surface area (Å²) in [5, 5.41) is 15.1. The van der Waals surface area contributed by atoms with Crippen molar-refractivity contribution in [3.05, 3.63) is 64.8 Å². The Labute approximate surface area is 157 Å². The average molecular weight is 370 g/mol. The lowest BCUT2D eigenvalue weighted by atomic mass is 10.1. The van der Waals surface area contributed by atoms with Gasteiger partial charge in [-0.25, -0.2) is 0 Å². The highest BCUT2D eigenvalue weighted by Crippen LogP contribution is 2.22. The first-order chi connectivity index (χ1) is 12.6. The van der Waals surface area contributed by atoms with E-state index in [1.165, 1.54) is 5.56 Å². The van der Waals surface area contributed by atoms with Gasteiger partial charge in [-0.3, -0.25) is 0 Å². The van der Waals surface area contributed by atoms with Gasteiger partial charge in [-0.2, -0.15) is 10.1 Å². The molecule has 1 heterocycles. The van der Waals surface area contributed by atoms with E-state index in [1.54, 1.807) is 13.3 Å². The van der Waals surface area contributed by atoms with E-state index in [9.17, 15) is 0 Å². The number of hydrogen-bond acceptors (Lipinski definition) is 6. The van der Waals surface area contributed by atoms with Crippen molar-refractivity contribution >= 4 is 29.1 Å². The summed E-state index contributed by atoms with van der Waals surface area (Å²) in [7, 11) is 1.66. The van der Waals surface area contributed by atoms with Crippen molar-refractivity contribution in [3.63, 3.8) is 0 Å². The molecule has 3 rings (SSSR count). The highest BCUT2D eigenvalue weighted by Gasteiger charge is 2.04. The minimum atomic E-state index is 0.421. The van der Waals surface area contributed by atoms with Crippen LogP contribution in [-0.2, 0) is 6.42 Å². The molecule has 6 nitrogen and oxygen atoms in total. The smallest absolute Gasteiger partial charge is 0.249 e. The summed E-state index contributed by atoms with van der Waals surface area (Å²) in [6.07, 6.45) is 2.47. The molecule has 0 fully saturated rings. The minimum Gasteiger partial charge on any atom is -0.497 e. The third-order valence-corrected chi connectivity index (χ3v) is 4.12. The Morgan fingerprint density at radius 2 is 1.92 bits per heavy atom. The molecule has 0 amide bonds. The molecule has 0 atom stereocenters. The Bertz CT molecular complexity index is 870. The Hall–Kier alpha value is -2.86. The van der Waals surface area contributed by atoms with Gasteiger partial charge >= 0.3 is 0 Å². The minimum absolute atomic E-state index is 0.421. The van der Waals surface area contributed by atoms with Crippen LogP contribution in [-0.4, -0.2) is 28.8 Å². The summed E-state index contributed by atoms with van der Waals surface area (Å²) in [4.78, 5) is 4.44. The molecule has 0 spiro atoms. The van der Waals surface area contributed by atoms with Gasteiger partial charge in [0.1, 0.15) is 5.75 Å². The second kappa shape index (κ2) is 8.49. The van der Waals surface area contributed by atoms with Crippen LogP contribution in [0.2, 0.25) is 5.02 Å². The van der Waals surface area contributed by atoms with Crippen LogP contribution in [0.3, 0.4) is 0 Å². The lowest BCUT2D eigenvalue weighted by molar-refractivity contribution is 0.414. The van der Waals surface area contributed by atoms with Crippen LogP contribution >= 0.6 is 11.6 Å². The van der Waals surface area contributed by atoms with Gasteiger partial charge in [-0.1, -0.05) is 29.8 Å². The number of halogens is 1. The van der Waals surface area contributed by atoms with Crippen molar-refractivity contribution in [1.82, 2.24) is 15.2 Å². The Morgan fingerprint density at radius 3 is 2.69 bits per heavy atom. The Morgan fingerprint density at radius 1 is 1.12 bits per heavy atom. The first-order valence-corrected chi connectivity index (χ1v) is 8.61. The van der Waals surface area contributed by atoms with Gasteiger partial charge in [-0.05, 0) is 48.7 Å². The maximum atomic E-state index is 6.04. The van der Waals surface area contributed by atoms with Gasteiger partial charge in [0.25, 0.3) is 0 Å². The largest absolute Gasteiger partial charge is 0.497 e. The van der Waals surface area contributed by atoms with Gasteiger partial charge < -0.3 is 15.4 Å². The molecule has 0 aliphatic carbocycles. The maximum Gasteiger partial charge on any atom is 0.249 e. The molecule has 0 aliphatic heterocycles. The summed E-state index contributed by atoms with van der Waals surface area (Å²) in [5.41, 5.74) is 3.12. The summed E-state index contributed by atoms with van der Waals surface area (Å²) >= 11 is 6.04. The number of aryl methyl sites for hydroxylation is 1. The van der Waals surface area contributed by atoms with E-state index in [1.807, 2.05) is 49.4 Å². The molecule has 0 saturated heterocycles. The SMILES string of the molecule is COc1ccc(CCNc2cnnc(Nc3cc(Cl)ccc3C)n2)cc1. The Balaban J connectivity index is 1.59. The molecule has 3 aromatic rings. The standard InChI is InChI=1S/C19H20ClN5O/c1-13-3-6-15(20)11-17(13)23-19-24-18(12-22-25-19)21-10-9-14-4-7-16(26-2)8-5-14/h3-8,11-12H,9-10H2,1-2H3,(H2,21,23,24,25). The molecule has 0 bridgehead atoms. The Kier molecular flexibility index (Phi) is 5.86. The molecule has 0 radical (unpaired) electrons. The van der Waals surface area contributed by atoms with E-state index in [0.717, 1.165) is 30.0 Å². The molecule has 0 saturated carbocycles.